The van der Waals surface area contributed by atoms with Crippen LogP contribution in [0.15, 0.2) is 48.5 Å². The van der Waals surface area contributed by atoms with Gasteiger partial charge in [0.1, 0.15) is 23.0 Å². The predicted molar refractivity (Wildman–Crippen MR) is 99.9 cm³/mol. The fraction of sp³-hybridized carbons (Fsp3) is 0.238. The van der Waals surface area contributed by atoms with Crippen molar-refractivity contribution < 1.29 is 14.3 Å². The number of carbonyl (C=O) groups excluding carboxylic acids is 1. The van der Waals surface area contributed by atoms with E-state index >= 15 is 0 Å². The van der Waals surface area contributed by atoms with Gasteiger partial charge in [-0.2, -0.15) is 5.10 Å². The lowest BCUT2D eigenvalue weighted by Gasteiger charge is -2.26. The molecule has 5 nitrogen and oxygen atoms in total. The Bertz CT molecular complexity index is 981. The Kier molecular flexibility index (Phi) is 4.39. The van der Waals surface area contributed by atoms with Crippen molar-refractivity contribution in [3.05, 3.63) is 71.2 Å². The largest absolute Gasteiger partial charge is 0.507 e. The number of carbonyl (C=O) groups is 1. The summed E-state index contributed by atoms with van der Waals surface area (Å²) in [5.74, 6) is -0.345. The molecule has 1 aliphatic rings. The van der Waals surface area contributed by atoms with Crippen molar-refractivity contribution in [1.29, 1.82) is 0 Å². The maximum absolute atomic E-state index is 13.5. The highest BCUT2D eigenvalue weighted by molar-refractivity contribution is 6.00. The third-order valence-electron chi connectivity index (χ3n) is 4.96. The molecule has 1 amide bonds. The van der Waals surface area contributed by atoms with Gasteiger partial charge in [0.15, 0.2) is 0 Å². The van der Waals surface area contributed by atoms with Gasteiger partial charge < -0.3 is 10.0 Å². The number of phenols is 1. The molecule has 0 fully saturated rings. The van der Waals surface area contributed by atoms with Crippen LogP contribution < -0.4 is 0 Å². The SMILES string of the molecule is CCCCN1C(=O)c2[nH]nc(-c3ccccc3O)c2C1c1ccc(F)cc1. The van der Waals surface area contributed by atoms with Crippen LogP contribution in [0.2, 0.25) is 0 Å². The summed E-state index contributed by atoms with van der Waals surface area (Å²) in [7, 11) is 0. The molecule has 0 radical (unpaired) electrons. The second-order valence-corrected chi connectivity index (χ2v) is 6.68. The lowest BCUT2D eigenvalue weighted by molar-refractivity contribution is 0.0741. The highest BCUT2D eigenvalue weighted by atomic mass is 19.1. The van der Waals surface area contributed by atoms with Crippen molar-refractivity contribution in [1.82, 2.24) is 15.1 Å². The van der Waals surface area contributed by atoms with Gasteiger partial charge >= 0.3 is 0 Å². The van der Waals surface area contributed by atoms with E-state index in [9.17, 15) is 14.3 Å². The van der Waals surface area contributed by atoms with Gasteiger partial charge in [-0.15, -0.1) is 0 Å². The minimum absolute atomic E-state index is 0.101. The number of para-hydroxylation sites is 1. The first-order chi connectivity index (χ1) is 13.1. The van der Waals surface area contributed by atoms with Crippen LogP contribution in [0.3, 0.4) is 0 Å². The molecule has 6 heteroatoms. The molecule has 0 aliphatic carbocycles. The molecule has 0 spiro atoms. The number of halogens is 1. The maximum atomic E-state index is 13.5. The van der Waals surface area contributed by atoms with Gasteiger partial charge in [0.05, 0.1) is 6.04 Å². The van der Waals surface area contributed by atoms with E-state index in [0.29, 0.717) is 23.5 Å². The molecular formula is C21H20FN3O2. The fourth-order valence-corrected chi connectivity index (χ4v) is 3.63. The molecule has 2 N–H and O–H groups in total. The lowest BCUT2D eigenvalue weighted by Crippen LogP contribution is -2.30. The van der Waals surface area contributed by atoms with Crippen LogP contribution in [-0.4, -0.2) is 32.7 Å². The van der Waals surface area contributed by atoms with Gasteiger partial charge in [-0.3, -0.25) is 9.89 Å². The first-order valence-corrected chi connectivity index (χ1v) is 9.05. The van der Waals surface area contributed by atoms with Crippen molar-refractivity contribution in [3.63, 3.8) is 0 Å². The number of aromatic hydroxyl groups is 1. The molecule has 0 saturated carbocycles. The zero-order chi connectivity index (χ0) is 19.0. The van der Waals surface area contributed by atoms with Gasteiger partial charge in [-0.1, -0.05) is 37.6 Å². The average Bonchev–Trinajstić information content (AvgIpc) is 3.21. The van der Waals surface area contributed by atoms with Gasteiger partial charge in [-0.05, 0) is 36.2 Å². The van der Waals surface area contributed by atoms with E-state index in [-0.39, 0.29) is 23.5 Å². The van der Waals surface area contributed by atoms with Crippen molar-refractivity contribution in [2.75, 3.05) is 6.54 Å². The molecule has 2 heterocycles. The maximum Gasteiger partial charge on any atom is 0.273 e. The molecule has 4 rings (SSSR count). The molecule has 27 heavy (non-hydrogen) atoms. The number of nitrogens with zero attached hydrogens (tertiary/aromatic N) is 2. The number of aromatic nitrogens is 2. The van der Waals surface area contributed by atoms with Crippen LogP contribution >= 0.6 is 0 Å². The summed E-state index contributed by atoms with van der Waals surface area (Å²) >= 11 is 0. The van der Waals surface area contributed by atoms with Crippen LogP contribution in [-0.2, 0) is 0 Å². The summed E-state index contributed by atoms with van der Waals surface area (Å²) in [6.45, 7) is 2.67. The van der Waals surface area contributed by atoms with Crippen molar-refractivity contribution in [2.24, 2.45) is 0 Å². The van der Waals surface area contributed by atoms with Crippen molar-refractivity contribution in [3.8, 4) is 17.0 Å². The summed E-state index contributed by atoms with van der Waals surface area (Å²) in [5.41, 5.74) is 3.08. The topological polar surface area (TPSA) is 69.2 Å². The second-order valence-electron chi connectivity index (χ2n) is 6.68. The summed E-state index contributed by atoms with van der Waals surface area (Å²) in [4.78, 5) is 14.8. The quantitative estimate of drug-likeness (QED) is 0.709. The smallest absolute Gasteiger partial charge is 0.273 e. The standard InChI is InChI=1S/C21H20FN3O2/c1-2-3-12-25-20(13-8-10-14(22)11-9-13)17-18(23-24-19(17)21(25)27)15-6-4-5-7-16(15)26/h4-11,20,26H,2-3,12H2,1H3,(H,23,24). The molecule has 0 saturated heterocycles. The number of H-pyrrole nitrogens is 1. The van der Waals surface area contributed by atoms with E-state index < -0.39 is 0 Å². The molecule has 3 aromatic rings. The highest BCUT2D eigenvalue weighted by Gasteiger charge is 2.42. The number of nitrogens with one attached hydrogen (secondary N) is 1. The highest BCUT2D eigenvalue weighted by Crippen LogP contribution is 2.44. The third kappa shape index (κ3) is 2.87. The molecular weight excluding hydrogens is 345 g/mol. The predicted octanol–water partition coefficient (Wildman–Crippen LogP) is 4.27. The zero-order valence-corrected chi connectivity index (χ0v) is 14.9. The van der Waals surface area contributed by atoms with Crippen LogP contribution in [0.25, 0.3) is 11.3 Å². The molecule has 138 valence electrons. The summed E-state index contributed by atoms with van der Waals surface area (Å²) in [6.07, 6.45) is 1.82. The Labute approximate surface area is 156 Å². The number of hydrogen-bond acceptors (Lipinski definition) is 3. The number of unbranched alkanes of at least 4 members (excludes halogenated alkanes) is 1. The van der Waals surface area contributed by atoms with Crippen LogP contribution in [0.4, 0.5) is 4.39 Å². The fourth-order valence-electron chi connectivity index (χ4n) is 3.63. The Morgan fingerprint density at radius 2 is 1.93 bits per heavy atom. The Morgan fingerprint density at radius 1 is 1.19 bits per heavy atom. The number of benzene rings is 2. The molecule has 0 bridgehead atoms. The van der Waals surface area contributed by atoms with E-state index in [1.165, 1.54) is 12.1 Å². The minimum Gasteiger partial charge on any atom is -0.507 e. The van der Waals surface area contributed by atoms with Crippen LogP contribution in [0.1, 0.15) is 47.4 Å². The molecule has 1 aromatic heterocycles. The van der Waals surface area contributed by atoms with Gasteiger partial charge in [0, 0.05) is 17.7 Å². The molecule has 1 unspecified atom stereocenters. The molecule has 2 aromatic carbocycles. The number of fused-ring (bicyclic) bond motifs is 1. The number of phenolic OH excluding ortho intramolecular Hbond substituents is 1. The molecule has 1 atom stereocenters. The normalized spacial score (nSPS) is 16.0. The number of aromatic amines is 1. The van der Waals surface area contributed by atoms with Crippen LogP contribution in [0, 0.1) is 5.82 Å². The number of amides is 1. The summed E-state index contributed by atoms with van der Waals surface area (Å²) in [6, 6.07) is 12.7. The second kappa shape index (κ2) is 6.87. The number of hydrogen-bond donors (Lipinski definition) is 2. The monoisotopic (exact) mass is 365 g/mol. The first kappa shape index (κ1) is 17.3. The van der Waals surface area contributed by atoms with E-state index in [1.807, 2.05) is 6.07 Å². The summed E-state index contributed by atoms with van der Waals surface area (Å²) < 4.78 is 13.5. The summed E-state index contributed by atoms with van der Waals surface area (Å²) in [5, 5.41) is 17.5. The average molecular weight is 365 g/mol. The molecule has 1 aliphatic heterocycles. The first-order valence-electron chi connectivity index (χ1n) is 9.05. The van der Waals surface area contributed by atoms with Crippen LogP contribution in [0.5, 0.6) is 5.75 Å². The minimum atomic E-state index is -0.368. The Balaban J connectivity index is 1.88. The van der Waals surface area contributed by atoms with E-state index in [1.54, 1.807) is 35.2 Å². The zero-order valence-electron chi connectivity index (χ0n) is 14.9. The Morgan fingerprint density at radius 3 is 2.63 bits per heavy atom. The van der Waals surface area contributed by atoms with Gasteiger partial charge in [0.25, 0.3) is 5.91 Å². The van der Waals surface area contributed by atoms with Crippen molar-refractivity contribution >= 4 is 5.91 Å². The van der Waals surface area contributed by atoms with E-state index in [2.05, 4.69) is 17.1 Å². The van der Waals surface area contributed by atoms with Gasteiger partial charge in [-0.25, -0.2) is 4.39 Å². The lowest BCUT2D eigenvalue weighted by atomic mass is 9.95. The van der Waals surface area contributed by atoms with Gasteiger partial charge in [0.2, 0.25) is 0 Å². The third-order valence-corrected chi connectivity index (χ3v) is 4.96. The van der Waals surface area contributed by atoms with E-state index in [0.717, 1.165) is 24.0 Å². The van der Waals surface area contributed by atoms with Crippen molar-refractivity contribution in [2.45, 2.75) is 25.8 Å². The van der Waals surface area contributed by atoms with E-state index in [4.69, 9.17) is 0 Å². The number of rotatable bonds is 5. The Hall–Kier alpha value is -3.15.